The Morgan fingerprint density at radius 2 is 2.00 bits per heavy atom. The summed E-state index contributed by atoms with van der Waals surface area (Å²) in [6.07, 6.45) is 1.87. The van der Waals surface area contributed by atoms with Crippen LogP contribution in [0.2, 0.25) is 0 Å². The van der Waals surface area contributed by atoms with Crippen molar-refractivity contribution in [3.8, 4) is 0 Å². The van der Waals surface area contributed by atoms with E-state index in [4.69, 9.17) is 12.2 Å². The van der Waals surface area contributed by atoms with E-state index in [2.05, 4.69) is 46.2 Å². The average Bonchev–Trinajstić information content (AvgIpc) is 2.95. The molecule has 1 aromatic heterocycles. The molecule has 0 fully saturated rings. The van der Waals surface area contributed by atoms with E-state index in [1.165, 1.54) is 21.8 Å². The molecule has 0 spiro atoms. The molecule has 106 valence electrons. The maximum atomic E-state index is 5.38. The van der Waals surface area contributed by atoms with Crippen molar-refractivity contribution in [1.82, 2.24) is 9.69 Å². The van der Waals surface area contributed by atoms with E-state index in [-0.39, 0.29) is 6.04 Å². The fraction of sp³-hybridized carbons (Fsp3) is 0.125. The predicted molar refractivity (Wildman–Crippen MR) is 93.8 cm³/mol. The molecule has 0 saturated carbocycles. The second-order valence-electron chi connectivity index (χ2n) is 4.81. The van der Waals surface area contributed by atoms with Gasteiger partial charge in [-0.1, -0.05) is 30.3 Å². The molecule has 0 unspecified atom stereocenters. The molecule has 1 atom stereocenters. The normalized spacial score (nSPS) is 12.0. The number of benzene rings is 2. The number of fused-ring (bicyclic) bond motifs is 1. The van der Waals surface area contributed by atoms with Crippen LogP contribution in [0.1, 0.15) is 18.5 Å². The van der Waals surface area contributed by atoms with Gasteiger partial charge in [0.15, 0.2) is 5.11 Å². The number of rotatable bonds is 3. The highest BCUT2D eigenvalue weighted by Crippen LogP contribution is 2.22. The quantitative estimate of drug-likeness (QED) is 0.705. The molecule has 0 aliphatic heterocycles. The van der Waals surface area contributed by atoms with Crippen LogP contribution in [0, 0.1) is 0 Å². The van der Waals surface area contributed by atoms with Crippen LogP contribution in [0.15, 0.2) is 54.7 Å². The average molecular weight is 313 g/mol. The Morgan fingerprint density at radius 3 is 2.81 bits per heavy atom. The van der Waals surface area contributed by atoms with Gasteiger partial charge in [-0.15, -0.1) is 0 Å². The van der Waals surface area contributed by atoms with Crippen LogP contribution < -0.4 is 10.6 Å². The molecule has 0 saturated heterocycles. The monoisotopic (exact) mass is 313 g/mol. The Hall–Kier alpha value is -1.98. The number of hydrogen-bond donors (Lipinski definition) is 2. The van der Waals surface area contributed by atoms with E-state index in [9.17, 15) is 0 Å². The lowest BCUT2D eigenvalue weighted by Gasteiger charge is -2.17. The number of hydrogen-bond acceptors (Lipinski definition) is 3. The zero-order valence-corrected chi connectivity index (χ0v) is 13.2. The summed E-state index contributed by atoms with van der Waals surface area (Å²) in [5.74, 6) is 0. The molecular weight excluding hydrogens is 298 g/mol. The van der Waals surface area contributed by atoms with Crippen molar-refractivity contribution in [2.75, 3.05) is 5.32 Å². The lowest BCUT2D eigenvalue weighted by atomic mass is 10.1. The van der Waals surface area contributed by atoms with Gasteiger partial charge in [0.1, 0.15) is 0 Å². The standard InChI is InChI=1S/C16H15N3S2/c1-11(12-5-3-2-4-6-12)18-16(20)19-14-7-8-15-13(9-14)10-17-21-15/h2-11H,1H3,(H2,18,19,20)/t11-/m1/s1. The summed E-state index contributed by atoms with van der Waals surface area (Å²) in [7, 11) is 0. The minimum atomic E-state index is 0.165. The van der Waals surface area contributed by atoms with Crippen molar-refractivity contribution in [2.24, 2.45) is 0 Å². The third-order valence-corrected chi connectivity index (χ3v) is 4.26. The van der Waals surface area contributed by atoms with Crippen LogP contribution >= 0.6 is 23.8 Å². The maximum absolute atomic E-state index is 5.38. The van der Waals surface area contributed by atoms with Gasteiger partial charge in [-0.05, 0) is 54.4 Å². The first kappa shape index (κ1) is 14.0. The second-order valence-corrected chi connectivity index (χ2v) is 6.05. The number of anilines is 1. The predicted octanol–water partition coefficient (Wildman–Crippen LogP) is 4.34. The molecule has 2 aromatic carbocycles. The Bertz CT molecular complexity index is 752. The molecule has 5 heteroatoms. The number of thiocarbonyl (C=S) groups is 1. The van der Waals surface area contributed by atoms with Gasteiger partial charge in [-0.25, -0.2) is 0 Å². The van der Waals surface area contributed by atoms with Gasteiger partial charge in [0.25, 0.3) is 0 Å². The van der Waals surface area contributed by atoms with Crippen LogP contribution in [0.3, 0.4) is 0 Å². The van der Waals surface area contributed by atoms with E-state index in [0.29, 0.717) is 5.11 Å². The molecule has 0 aliphatic carbocycles. The zero-order chi connectivity index (χ0) is 14.7. The molecule has 3 nitrogen and oxygen atoms in total. The fourth-order valence-electron chi connectivity index (χ4n) is 2.14. The SMILES string of the molecule is C[C@@H](NC(=S)Nc1ccc2sncc2c1)c1ccccc1. The largest absolute Gasteiger partial charge is 0.356 e. The highest BCUT2D eigenvalue weighted by atomic mass is 32.1. The van der Waals surface area contributed by atoms with E-state index < -0.39 is 0 Å². The summed E-state index contributed by atoms with van der Waals surface area (Å²) in [5.41, 5.74) is 2.18. The summed E-state index contributed by atoms with van der Waals surface area (Å²) in [6.45, 7) is 2.09. The molecule has 21 heavy (non-hydrogen) atoms. The Morgan fingerprint density at radius 1 is 1.19 bits per heavy atom. The highest BCUT2D eigenvalue weighted by Gasteiger charge is 2.07. The molecule has 0 aliphatic rings. The Kier molecular flexibility index (Phi) is 4.13. The molecule has 0 bridgehead atoms. The molecule has 0 amide bonds. The minimum Gasteiger partial charge on any atom is -0.356 e. The first-order chi connectivity index (χ1) is 10.2. The summed E-state index contributed by atoms with van der Waals surface area (Å²) < 4.78 is 5.35. The molecule has 3 aromatic rings. The van der Waals surface area contributed by atoms with Crippen LogP contribution in [-0.4, -0.2) is 9.49 Å². The van der Waals surface area contributed by atoms with Crippen molar-refractivity contribution >= 4 is 44.6 Å². The first-order valence-electron chi connectivity index (χ1n) is 6.69. The summed E-state index contributed by atoms with van der Waals surface area (Å²) in [4.78, 5) is 0. The molecule has 3 rings (SSSR count). The third kappa shape index (κ3) is 3.37. The topological polar surface area (TPSA) is 37.0 Å². The van der Waals surface area contributed by atoms with Crippen molar-refractivity contribution in [1.29, 1.82) is 0 Å². The third-order valence-electron chi connectivity index (χ3n) is 3.26. The maximum Gasteiger partial charge on any atom is 0.171 e. The van der Waals surface area contributed by atoms with Crippen molar-refractivity contribution in [3.63, 3.8) is 0 Å². The van der Waals surface area contributed by atoms with E-state index in [1.54, 1.807) is 0 Å². The van der Waals surface area contributed by atoms with Crippen molar-refractivity contribution in [3.05, 3.63) is 60.3 Å². The second kappa shape index (κ2) is 6.20. The fourth-order valence-corrected chi connectivity index (χ4v) is 3.06. The van der Waals surface area contributed by atoms with Crippen molar-refractivity contribution in [2.45, 2.75) is 13.0 Å². The number of aromatic nitrogens is 1. The first-order valence-corrected chi connectivity index (χ1v) is 7.87. The highest BCUT2D eigenvalue weighted by molar-refractivity contribution is 7.80. The molecule has 0 radical (unpaired) electrons. The van der Waals surface area contributed by atoms with E-state index in [1.807, 2.05) is 30.5 Å². The van der Waals surface area contributed by atoms with Crippen LogP contribution in [-0.2, 0) is 0 Å². The van der Waals surface area contributed by atoms with Crippen LogP contribution in [0.5, 0.6) is 0 Å². The van der Waals surface area contributed by atoms with E-state index >= 15 is 0 Å². The van der Waals surface area contributed by atoms with Gasteiger partial charge in [0, 0.05) is 17.3 Å². The zero-order valence-electron chi connectivity index (χ0n) is 11.5. The number of nitrogens with one attached hydrogen (secondary N) is 2. The van der Waals surface area contributed by atoms with Gasteiger partial charge < -0.3 is 10.6 Å². The molecular formula is C16H15N3S2. The Labute approximate surface area is 133 Å². The smallest absolute Gasteiger partial charge is 0.171 e. The Balaban J connectivity index is 1.66. The lowest BCUT2D eigenvalue weighted by molar-refractivity contribution is 0.723. The molecule has 2 N–H and O–H groups in total. The minimum absolute atomic E-state index is 0.165. The van der Waals surface area contributed by atoms with Crippen LogP contribution in [0.4, 0.5) is 5.69 Å². The van der Waals surface area contributed by atoms with Gasteiger partial charge in [-0.2, -0.15) is 4.37 Å². The van der Waals surface area contributed by atoms with Crippen LogP contribution in [0.25, 0.3) is 10.1 Å². The number of nitrogens with zero attached hydrogens (tertiary/aromatic N) is 1. The molecule has 1 heterocycles. The van der Waals surface area contributed by atoms with Gasteiger partial charge in [0.2, 0.25) is 0 Å². The summed E-state index contributed by atoms with van der Waals surface area (Å²) in [6, 6.07) is 16.5. The van der Waals surface area contributed by atoms with Crippen molar-refractivity contribution < 1.29 is 0 Å². The van der Waals surface area contributed by atoms with E-state index in [0.717, 1.165) is 11.1 Å². The lowest BCUT2D eigenvalue weighted by Crippen LogP contribution is -2.30. The van der Waals surface area contributed by atoms with Gasteiger partial charge in [0.05, 0.1) is 10.7 Å². The summed E-state index contributed by atoms with van der Waals surface area (Å²) >= 11 is 6.88. The van der Waals surface area contributed by atoms with Gasteiger partial charge in [-0.3, -0.25) is 0 Å². The van der Waals surface area contributed by atoms with Gasteiger partial charge >= 0.3 is 0 Å². The summed E-state index contributed by atoms with van der Waals surface area (Å²) in [5, 5.41) is 8.26.